The highest BCUT2D eigenvalue weighted by Crippen LogP contribution is 2.44. The van der Waals surface area contributed by atoms with Crippen LogP contribution in [0.2, 0.25) is 0 Å². The summed E-state index contributed by atoms with van der Waals surface area (Å²) >= 11 is 1.85. The monoisotopic (exact) mass is 832 g/mol. The van der Waals surface area contributed by atoms with Crippen molar-refractivity contribution in [2.45, 2.75) is 0 Å². The largest absolute Gasteiger partial charge is 0.309 e. The smallest absolute Gasteiger partial charge is 0.164 e. The van der Waals surface area contributed by atoms with E-state index < -0.39 is 0 Å². The predicted octanol–water partition coefficient (Wildman–Crippen LogP) is 16.0. The molecule has 0 aliphatic rings. The lowest BCUT2D eigenvalue weighted by Crippen LogP contribution is -2.02. The molecule has 298 valence electrons. The van der Waals surface area contributed by atoms with Gasteiger partial charge in [-0.2, -0.15) is 0 Å². The van der Waals surface area contributed by atoms with Crippen LogP contribution in [0.15, 0.2) is 218 Å². The van der Waals surface area contributed by atoms with E-state index >= 15 is 0 Å². The van der Waals surface area contributed by atoms with E-state index in [0.29, 0.717) is 17.5 Å². The van der Waals surface area contributed by atoms with Crippen LogP contribution in [0.4, 0.5) is 0 Å². The number of thiophene rings is 1. The quantitative estimate of drug-likeness (QED) is 0.168. The van der Waals surface area contributed by atoms with Gasteiger partial charge >= 0.3 is 0 Å². The first kappa shape index (κ1) is 36.4. The van der Waals surface area contributed by atoms with E-state index in [4.69, 9.17) is 15.0 Å². The molecule has 0 N–H and O–H groups in total. The molecule has 0 bridgehead atoms. The molecule has 10 aromatic carbocycles. The third-order valence-corrected chi connectivity index (χ3v) is 13.9. The van der Waals surface area contributed by atoms with Gasteiger partial charge in [0.2, 0.25) is 0 Å². The Morgan fingerprint density at radius 1 is 0.328 bits per heavy atom. The summed E-state index contributed by atoms with van der Waals surface area (Å²) in [6, 6.07) is 78.0. The lowest BCUT2D eigenvalue weighted by Gasteiger charge is -2.16. The van der Waals surface area contributed by atoms with Crippen molar-refractivity contribution >= 4 is 74.9 Å². The van der Waals surface area contributed by atoms with E-state index in [1.54, 1.807) is 0 Å². The number of benzene rings is 10. The summed E-state index contributed by atoms with van der Waals surface area (Å²) in [5.74, 6) is 1.86. The van der Waals surface area contributed by atoms with E-state index in [9.17, 15) is 0 Å². The van der Waals surface area contributed by atoms with Gasteiger partial charge in [0.15, 0.2) is 17.5 Å². The molecule has 13 aromatic rings. The van der Waals surface area contributed by atoms with Gasteiger partial charge in [0.1, 0.15) is 0 Å². The van der Waals surface area contributed by atoms with Crippen LogP contribution in [0.25, 0.3) is 126 Å². The Hall–Kier alpha value is -8.25. The number of rotatable bonds is 6. The minimum atomic E-state index is 0.612. The molecule has 3 heterocycles. The number of aromatic nitrogens is 4. The van der Waals surface area contributed by atoms with Gasteiger partial charge in [0.25, 0.3) is 0 Å². The lowest BCUT2D eigenvalue weighted by atomic mass is 10.00. The van der Waals surface area contributed by atoms with E-state index in [-0.39, 0.29) is 0 Å². The fourth-order valence-electron chi connectivity index (χ4n) is 9.65. The standard InChI is InChI=1S/C59H36N4S/c1-3-14-37(15-4-1)44-33-30-43(36-52(44)63-50-34-31-38-16-7-9-20-45(38)54(50)55-46-21-10-8-17-39(46)32-35-51(55)63)59-61-57(41-18-5-2-6-19-41)60-58(62-59)42-28-26-40(27-29-42)47-23-13-24-49-48-22-11-12-25-53(48)64-56(47)49/h1-36H. The lowest BCUT2D eigenvalue weighted by molar-refractivity contribution is 1.07. The van der Waals surface area contributed by atoms with Crippen molar-refractivity contribution in [1.82, 2.24) is 19.5 Å². The molecule has 0 atom stereocenters. The summed E-state index contributed by atoms with van der Waals surface area (Å²) in [7, 11) is 0. The van der Waals surface area contributed by atoms with Gasteiger partial charge in [-0.1, -0.05) is 194 Å². The summed E-state index contributed by atoms with van der Waals surface area (Å²) in [6.45, 7) is 0. The van der Waals surface area contributed by atoms with Crippen molar-refractivity contribution < 1.29 is 0 Å². The summed E-state index contributed by atoms with van der Waals surface area (Å²) in [6.07, 6.45) is 0. The van der Waals surface area contributed by atoms with Crippen molar-refractivity contribution in [2.24, 2.45) is 0 Å². The second-order valence-corrected chi connectivity index (χ2v) is 17.4. The average molecular weight is 833 g/mol. The van der Waals surface area contributed by atoms with Crippen LogP contribution in [0.5, 0.6) is 0 Å². The Bertz CT molecular complexity index is 3850. The topological polar surface area (TPSA) is 43.6 Å². The molecule has 0 radical (unpaired) electrons. The van der Waals surface area contributed by atoms with Crippen LogP contribution >= 0.6 is 11.3 Å². The van der Waals surface area contributed by atoms with Gasteiger partial charge in [-0.05, 0) is 62.5 Å². The minimum absolute atomic E-state index is 0.612. The Kier molecular flexibility index (Phi) is 8.36. The zero-order valence-corrected chi connectivity index (χ0v) is 35.3. The minimum Gasteiger partial charge on any atom is -0.309 e. The van der Waals surface area contributed by atoms with Crippen molar-refractivity contribution in [2.75, 3.05) is 0 Å². The summed E-state index contributed by atoms with van der Waals surface area (Å²) in [4.78, 5) is 15.6. The van der Waals surface area contributed by atoms with Crippen LogP contribution < -0.4 is 0 Å². The van der Waals surface area contributed by atoms with Crippen LogP contribution in [0.1, 0.15) is 0 Å². The second-order valence-electron chi connectivity index (χ2n) is 16.3. The van der Waals surface area contributed by atoms with Crippen molar-refractivity contribution in [3.63, 3.8) is 0 Å². The first-order valence-electron chi connectivity index (χ1n) is 21.6. The van der Waals surface area contributed by atoms with Crippen molar-refractivity contribution in [3.8, 4) is 62.1 Å². The Labute approximate surface area is 373 Å². The molecular formula is C59H36N4S. The maximum atomic E-state index is 5.28. The molecule has 0 aliphatic heterocycles. The first-order chi connectivity index (χ1) is 31.7. The van der Waals surface area contributed by atoms with Crippen LogP contribution in [-0.2, 0) is 0 Å². The molecule has 13 rings (SSSR count). The summed E-state index contributed by atoms with van der Waals surface area (Å²) < 4.78 is 5.04. The number of nitrogens with zero attached hydrogens (tertiary/aromatic N) is 4. The average Bonchev–Trinajstić information content (AvgIpc) is 3.93. The van der Waals surface area contributed by atoms with Crippen LogP contribution in [0.3, 0.4) is 0 Å². The van der Waals surface area contributed by atoms with Crippen LogP contribution in [0, 0.1) is 0 Å². The molecule has 3 aromatic heterocycles. The third kappa shape index (κ3) is 5.86. The van der Waals surface area contributed by atoms with Crippen molar-refractivity contribution in [3.05, 3.63) is 218 Å². The fourth-order valence-corrected chi connectivity index (χ4v) is 10.9. The molecule has 0 spiro atoms. The molecule has 0 saturated heterocycles. The fraction of sp³-hybridized carbons (Fsp3) is 0. The maximum absolute atomic E-state index is 5.28. The Balaban J connectivity index is 1.02. The second kappa shape index (κ2) is 14.7. The molecule has 5 heteroatoms. The van der Waals surface area contributed by atoms with E-state index in [1.165, 1.54) is 58.1 Å². The molecule has 0 unspecified atom stereocenters. The number of fused-ring (bicyclic) bond motifs is 10. The zero-order chi connectivity index (χ0) is 42.1. The van der Waals surface area contributed by atoms with Crippen molar-refractivity contribution in [1.29, 1.82) is 0 Å². The summed E-state index contributed by atoms with van der Waals surface area (Å²) in [5.41, 5.74) is 10.7. The van der Waals surface area contributed by atoms with Gasteiger partial charge in [0.05, 0.1) is 16.7 Å². The number of hydrogen-bond acceptors (Lipinski definition) is 4. The van der Waals surface area contributed by atoms with Gasteiger partial charge in [0, 0.05) is 53.2 Å². The molecule has 0 fully saturated rings. The van der Waals surface area contributed by atoms with Gasteiger partial charge in [-0.3, -0.25) is 0 Å². The summed E-state index contributed by atoms with van der Waals surface area (Å²) in [5, 5.41) is 9.98. The van der Waals surface area contributed by atoms with Gasteiger partial charge < -0.3 is 4.57 Å². The van der Waals surface area contributed by atoms with Gasteiger partial charge in [-0.15, -0.1) is 11.3 Å². The van der Waals surface area contributed by atoms with E-state index in [0.717, 1.165) is 50.1 Å². The molecule has 0 aliphatic carbocycles. The molecule has 64 heavy (non-hydrogen) atoms. The first-order valence-corrected chi connectivity index (χ1v) is 22.4. The number of hydrogen-bond donors (Lipinski definition) is 0. The highest BCUT2D eigenvalue weighted by molar-refractivity contribution is 7.26. The van der Waals surface area contributed by atoms with Gasteiger partial charge in [-0.25, -0.2) is 15.0 Å². The normalized spacial score (nSPS) is 11.8. The Morgan fingerprint density at radius 2 is 0.812 bits per heavy atom. The third-order valence-electron chi connectivity index (χ3n) is 12.7. The van der Waals surface area contributed by atoms with Crippen LogP contribution in [-0.4, -0.2) is 19.5 Å². The molecule has 4 nitrogen and oxygen atoms in total. The predicted molar refractivity (Wildman–Crippen MR) is 269 cm³/mol. The zero-order valence-electron chi connectivity index (χ0n) is 34.5. The highest BCUT2D eigenvalue weighted by Gasteiger charge is 2.22. The molecular weight excluding hydrogens is 797 g/mol. The SMILES string of the molecule is c1ccc(-c2nc(-c3ccc(-c4cccc5c4sc4ccccc45)cc3)nc(-c3ccc(-c4ccccc4)c(-n4c5ccc6ccccc6c5c5c6ccccc6ccc54)c3)n2)cc1. The Morgan fingerprint density at radius 3 is 1.47 bits per heavy atom. The maximum Gasteiger partial charge on any atom is 0.164 e. The molecule has 0 saturated carbocycles. The molecule has 0 amide bonds. The highest BCUT2D eigenvalue weighted by atomic mass is 32.1. The van der Waals surface area contributed by atoms with E-state index in [1.807, 2.05) is 29.5 Å². The van der Waals surface area contributed by atoms with E-state index in [2.05, 4.69) is 205 Å².